The lowest BCUT2D eigenvalue weighted by atomic mass is 10.2. The lowest BCUT2D eigenvalue weighted by Crippen LogP contribution is -2.20. The van der Waals surface area contributed by atoms with Gasteiger partial charge in [0, 0.05) is 16.0 Å². The summed E-state index contributed by atoms with van der Waals surface area (Å²) in [5.41, 5.74) is -0.0334. The van der Waals surface area contributed by atoms with Gasteiger partial charge in [-0.25, -0.2) is 9.18 Å². The van der Waals surface area contributed by atoms with Crippen molar-refractivity contribution in [2.75, 3.05) is 5.32 Å². The lowest BCUT2D eigenvalue weighted by Gasteiger charge is -2.10. The number of carbonyl (C=O) groups is 2. The van der Waals surface area contributed by atoms with Crippen molar-refractivity contribution in [3.05, 3.63) is 44.3 Å². The van der Waals surface area contributed by atoms with Crippen LogP contribution in [0.2, 0.25) is 0 Å². The second-order valence-corrected chi connectivity index (χ2v) is 5.74. The third-order valence-corrected chi connectivity index (χ3v) is 3.88. The molecular formula is C12H8Br2FN3O3. The minimum atomic E-state index is -1.26. The molecule has 1 heterocycles. The largest absolute Gasteiger partial charge is 0.478 e. The molecule has 0 spiro atoms. The van der Waals surface area contributed by atoms with Gasteiger partial charge in [0.25, 0.3) is 5.91 Å². The molecule has 0 bridgehead atoms. The first-order valence-corrected chi connectivity index (χ1v) is 7.11. The van der Waals surface area contributed by atoms with Crippen molar-refractivity contribution in [2.45, 2.75) is 0 Å². The van der Waals surface area contributed by atoms with E-state index < -0.39 is 17.7 Å². The van der Waals surface area contributed by atoms with Crippen LogP contribution in [0.3, 0.4) is 0 Å². The molecule has 0 saturated heterocycles. The van der Waals surface area contributed by atoms with Gasteiger partial charge >= 0.3 is 5.97 Å². The molecule has 21 heavy (non-hydrogen) atoms. The molecule has 0 aliphatic heterocycles. The molecule has 2 N–H and O–H groups in total. The Kier molecular flexibility index (Phi) is 4.43. The number of nitrogens with zero attached hydrogens (tertiary/aromatic N) is 2. The van der Waals surface area contributed by atoms with E-state index in [-0.39, 0.29) is 11.3 Å². The second kappa shape index (κ2) is 5.94. The van der Waals surface area contributed by atoms with Gasteiger partial charge in [-0.15, -0.1) is 0 Å². The maximum Gasteiger partial charge on any atom is 0.339 e. The van der Waals surface area contributed by atoms with Crippen LogP contribution in [-0.4, -0.2) is 26.8 Å². The zero-order valence-electron chi connectivity index (χ0n) is 10.5. The van der Waals surface area contributed by atoms with Gasteiger partial charge in [-0.2, -0.15) is 5.10 Å². The first kappa shape index (κ1) is 15.6. The summed E-state index contributed by atoms with van der Waals surface area (Å²) in [6.07, 6.45) is 1.09. The minimum absolute atomic E-state index is 0.106. The number of carboxylic acids is 1. The maximum absolute atomic E-state index is 13.2. The maximum atomic E-state index is 13.2. The Balaban J connectivity index is 2.40. The summed E-state index contributed by atoms with van der Waals surface area (Å²) < 4.78 is 15.0. The normalized spacial score (nSPS) is 10.5. The van der Waals surface area contributed by atoms with E-state index in [1.54, 1.807) is 0 Å². The van der Waals surface area contributed by atoms with Crippen LogP contribution in [0.5, 0.6) is 0 Å². The SMILES string of the molecule is Cn1ncc(C(=O)O)c1C(=O)Nc1c(Br)cc(F)cc1Br. The highest BCUT2D eigenvalue weighted by Gasteiger charge is 2.23. The number of rotatable bonds is 3. The van der Waals surface area contributed by atoms with Gasteiger partial charge < -0.3 is 10.4 Å². The molecule has 9 heteroatoms. The van der Waals surface area contributed by atoms with E-state index in [4.69, 9.17) is 5.11 Å². The summed E-state index contributed by atoms with van der Waals surface area (Å²) in [6.45, 7) is 0. The number of amides is 1. The molecule has 0 unspecified atom stereocenters. The highest BCUT2D eigenvalue weighted by molar-refractivity contribution is 9.11. The molecular weight excluding hydrogens is 413 g/mol. The average Bonchev–Trinajstić information content (AvgIpc) is 2.75. The van der Waals surface area contributed by atoms with Crippen molar-refractivity contribution in [2.24, 2.45) is 7.05 Å². The quantitative estimate of drug-likeness (QED) is 0.799. The number of anilines is 1. The van der Waals surface area contributed by atoms with E-state index >= 15 is 0 Å². The van der Waals surface area contributed by atoms with Gasteiger partial charge in [0.2, 0.25) is 0 Å². The van der Waals surface area contributed by atoms with E-state index in [9.17, 15) is 14.0 Å². The van der Waals surface area contributed by atoms with E-state index in [1.165, 1.54) is 19.2 Å². The summed E-state index contributed by atoms with van der Waals surface area (Å²) >= 11 is 6.26. The number of carboxylic acid groups (broad SMARTS) is 1. The van der Waals surface area contributed by atoms with Crippen LogP contribution in [0.1, 0.15) is 20.8 Å². The molecule has 2 aromatic rings. The number of carbonyl (C=O) groups excluding carboxylic acids is 1. The van der Waals surface area contributed by atoms with Crippen molar-refractivity contribution in [3.8, 4) is 0 Å². The first-order valence-electron chi connectivity index (χ1n) is 5.52. The van der Waals surface area contributed by atoms with Crippen molar-refractivity contribution in [3.63, 3.8) is 0 Å². The third-order valence-electron chi connectivity index (χ3n) is 2.63. The van der Waals surface area contributed by atoms with Gasteiger partial charge in [0.1, 0.15) is 17.1 Å². The second-order valence-electron chi connectivity index (χ2n) is 4.03. The topological polar surface area (TPSA) is 84.2 Å². The molecule has 0 fully saturated rings. The van der Waals surface area contributed by atoms with Crippen LogP contribution < -0.4 is 5.32 Å². The number of benzene rings is 1. The summed E-state index contributed by atoms with van der Waals surface area (Å²) in [4.78, 5) is 23.3. The van der Waals surface area contributed by atoms with Crippen molar-refractivity contribution in [1.29, 1.82) is 0 Å². The molecule has 0 radical (unpaired) electrons. The van der Waals surface area contributed by atoms with Crippen molar-refractivity contribution < 1.29 is 19.1 Å². The molecule has 6 nitrogen and oxygen atoms in total. The zero-order chi connectivity index (χ0) is 15.7. The van der Waals surface area contributed by atoms with Gasteiger partial charge in [-0.3, -0.25) is 9.48 Å². The Hall–Kier alpha value is -1.74. The molecule has 0 atom stereocenters. The number of aromatic carboxylic acids is 1. The van der Waals surface area contributed by atoms with Crippen molar-refractivity contribution >= 4 is 49.4 Å². The Morgan fingerprint density at radius 1 is 1.33 bits per heavy atom. The van der Waals surface area contributed by atoms with Gasteiger partial charge in [-0.05, 0) is 44.0 Å². The predicted octanol–water partition coefficient (Wildman–Crippen LogP) is 3.03. The van der Waals surface area contributed by atoms with E-state index in [0.29, 0.717) is 14.6 Å². The minimum Gasteiger partial charge on any atom is -0.478 e. The summed E-state index contributed by atoms with van der Waals surface area (Å²) in [6, 6.07) is 2.36. The number of hydrogen-bond donors (Lipinski definition) is 2. The number of aryl methyl sites for hydroxylation is 1. The molecule has 1 aromatic carbocycles. The van der Waals surface area contributed by atoms with E-state index in [2.05, 4.69) is 42.3 Å². The lowest BCUT2D eigenvalue weighted by molar-refractivity contribution is 0.0692. The fourth-order valence-electron chi connectivity index (χ4n) is 1.70. The Morgan fingerprint density at radius 2 is 1.90 bits per heavy atom. The Labute approximate surface area is 135 Å². The molecule has 0 aliphatic rings. The van der Waals surface area contributed by atoms with E-state index in [0.717, 1.165) is 10.9 Å². The molecule has 0 saturated carbocycles. The van der Waals surface area contributed by atoms with Gasteiger partial charge in [0.05, 0.1) is 11.9 Å². The molecule has 1 amide bonds. The monoisotopic (exact) mass is 419 g/mol. The molecule has 1 aromatic heterocycles. The highest BCUT2D eigenvalue weighted by Crippen LogP contribution is 2.32. The number of aromatic nitrogens is 2. The fourth-order valence-corrected chi connectivity index (χ4v) is 3.03. The Morgan fingerprint density at radius 3 is 2.43 bits per heavy atom. The summed E-state index contributed by atoms with van der Waals surface area (Å²) in [5.74, 6) is -2.41. The predicted molar refractivity (Wildman–Crippen MR) is 79.9 cm³/mol. The van der Waals surface area contributed by atoms with Crippen LogP contribution in [0.15, 0.2) is 27.3 Å². The van der Waals surface area contributed by atoms with Crippen LogP contribution in [0, 0.1) is 5.82 Å². The standard InChI is InChI=1S/C12H8Br2FN3O3/c1-18-10(6(4-16-18)12(20)21)11(19)17-9-7(13)2-5(15)3-8(9)14/h2-4H,1H3,(H,17,19)(H,20,21). The van der Waals surface area contributed by atoms with Gasteiger partial charge in [0.15, 0.2) is 0 Å². The fraction of sp³-hybridized carbons (Fsp3) is 0.0833. The van der Waals surface area contributed by atoms with E-state index in [1.807, 2.05) is 0 Å². The summed E-state index contributed by atoms with van der Waals surface area (Å²) in [7, 11) is 1.45. The first-order chi connectivity index (χ1) is 9.81. The molecule has 2 rings (SSSR count). The van der Waals surface area contributed by atoms with Crippen LogP contribution in [0.4, 0.5) is 10.1 Å². The van der Waals surface area contributed by atoms with Crippen LogP contribution in [-0.2, 0) is 7.05 Å². The zero-order valence-corrected chi connectivity index (χ0v) is 13.7. The number of hydrogen-bond acceptors (Lipinski definition) is 3. The number of nitrogens with one attached hydrogen (secondary N) is 1. The smallest absolute Gasteiger partial charge is 0.339 e. The Bertz CT molecular complexity index is 722. The summed E-state index contributed by atoms with van der Waals surface area (Å²) in [5, 5.41) is 15.3. The van der Waals surface area contributed by atoms with Crippen LogP contribution >= 0.6 is 31.9 Å². The molecule has 0 aliphatic carbocycles. The van der Waals surface area contributed by atoms with Gasteiger partial charge in [-0.1, -0.05) is 0 Å². The average molecular weight is 421 g/mol. The number of halogens is 3. The highest BCUT2D eigenvalue weighted by atomic mass is 79.9. The van der Waals surface area contributed by atoms with Crippen LogP contribution in [0.25, 0.3) is 0 Å². The van der Waals surface area contributed by atoms with Crippen molar-refractivity contribution in [1.82, 2.24) is 9.78 Å². The third kappa shape index (κ3) is 3.13. The molecule has 110 valence electrons.